The van der Waals surface area contributed by atoms with Crippen LogP contribution in [0.25, 0.3) is 0 Å². The molecule has 0 bridgehead atoms. The van der Waals surface area contributed by atoms with Crippen molar-refractivity contribution in [2.45, 2.75) is 11.8 Å². The molecule has 128 valence electrons. The lowest BCUT2D eigenvalue weighted by atomic mass is 10.2. The minimum absolute atomic E-state index is 0.181. The zero-order chi connectivity index (χ0) is 17.9. The highest BCUT2D eigenvalue weighted by Crippen LogP contribution is 2.21. The van der Waals surface area contributed by atoms with Crippen molar-refractivity contribution in [3.63, 3.8) is 0 Å². The average molecular weight is 371 g/mol. The van der Waals surface area contributed by atoms with Gasteiger partial charge in [0.05, 0.1) is 16.5 Å². The molecule has 0 aliphatic heterocycles. The van der Waals surface area contributed by atoms with E-state index in [1.807, 2.05) is 19.1 Å². The van der Waals surface area contributed by atoms with Crippen molar-refractivity contribution in [2.24, 2.45) is 0 Å². The molecular formula is C16H16ClFN2O3S. The van der Waals surface area contributed by atoms with Gasteiger partial charge >= 0.3 is 0 Å². The van der Waals surface area contributed by atoms with Crippen LogP contribution in [-0.4, -0.2) is 32.2 Å². The van der Waals surface area contributed by atoms with Gasteiger partial charge < -0.3 is 5.32 Å². The molecule has 0 saturated carbocycles. The molecule has 0 fully saturated rings. The molecule has 5 nitrogen and oxygen atoms in total. The summed E-state index contributed by atoms with van der Waals surface area (Å²) in [5.74, 6) is -1.20. The van der Waals surface area contributed by atoms with E-state index >= 15 is 0 Å². The number of anilines is 1. The van der Waals surface area contributed by atoms with Crippen LogP contribution >= 0.6 is 11.6 Å². The van der Waals surface area contributed by atoms with Crippen LogP contribution in [0.3, 0.4) is 0 Å². The van der Waals surface area contributed by atoms with Gasteiger partial charge in [-0.3, -0.25) is 4.79 Å². The predicted octanol–water partition coefficient (Wildman–Crippen LogP) is 3.05. The van der Waals surface area contributed by atoms with E-state index in [9.17, 15) is 17.6 Å². The van der Waals surface area contributed by atoms with Gasteiger partial charge in [0.2, 0.25) is 15.9 Å². The number of sulfonamides is 1. The fourth-order valence-corrected chi connectivity index (χ4v) is 3.34. The molecule has 2 aromatic carbocycles. The smallest absolute Gasteiger partial charge is 0.243 e. The van der Waals surface area contributed by atoms with E-state index in [0.717, 1.165) is 28.1 Å². The number of hydrogen-bond acceptors (Lipinski definition) is 3. The molecule has 0 saturated heterocycles. The molecule has 1 amide bonds. The van der Waals surface area contributed by atoms with Crippen LogP contribution in [0.2, 0.25) is 5.02 Å². The first-order chi connectivity index (χ1) is 11.2. The van der Waals surface area contributed by atoms with E-state index in [1.165, 1.54) is 7.05 Å². The van der Waals surface area contributed by atoms with Gasteiger partial charge in [-0.15, -0.1) is 0 Å². The number of likely N-dealkylation sites (N-methyl/N-ethyl adjacent to an activating group) is 1. The molecule has 8 heteroatoms. The van der Waals surface area contributed by atoms with Crippen molar-refractivity contribution in [2.75, 3.05) is 18.9 Å². The average Bonchev–Trinajstić information content (AvgIpc) is 2.52. The Bertz CT molecular complexity index is 854. The summed E-state index contributed by atoms with van der Waals surface area (Å²) in [6.45, 7) is 1.53. The van der Waals surface area contributed by atoms with Gasteiger partial charge in [-0.05, 0) is 37.3 Å². The van der Waals surface area contributed by atoms with Gasteiger partial charge in [0, 0.05) is 12.7 Å². The summed E-state index contributed by atoms with van der Waals surface area (Å²) in [6, 6.07) is 10.2. The molecule has 0 spiro atoms. The number of rotatable bonds is 5. The zero-order valence-corrected chi connectivity index (χ0v) is 14.7. The Morgan fingerprint density at radius 1 is 1.21 bits per heavy atom. The number of benzene rings is 2. The lowest BCUT2D eigenvalue weighted by molar-refractivity contribution is -0.116. The van der Waals surface area contributed by atoms with Crippen molar-refractivity contribution in [3.05, 3.63) is 58.9 Å². The minimum atomic E-state index is -3.95. The molecule has 0 aliphatic rings. The fourth-order valence-electron chi connectivity index (χ4n) is 1.94. The maximum Gasteiger partial charge on any atom is 0.243 e. The Morgan fingerprint density at radius 3 is 2.42 bits per heavy atom. The molecule has 0 atom stereocenters. The number of nitrogens with zero attached hydrogens (tertiary/aromatic N) is 1. The minimum Gasteiger partial charge on any atom is -0.325 e. The SMILES string of the molecule is Cc1ccc(NC(=O)CN(C)S(=O)(=O)c2ccc(F)c(Cl)c2)cc1. The first kappa shape index (κ1) is 18.4. The molecule has 24 heavy (non-hydrogen) atoms. The van der Waals surface area contributed by atoms with Crippen LogP contribution < -0.4 is 5.32 Å². The summed E-state index contributed by atoms with van der Waals surface area (Å²) in [6.07, 6.45) is 0. The van der Waals surface area contributed by atoms with Crippen LogP contribution in [0, 0.1) is 12.7 Å². The molecule has 0 aliphatic carbocycles. The first-order valence-corrected chi connectivity index (χ1v) is 8.80. The third-order valence-electron chi connectivity index (χ3n) is 3.30. The summed E-state index contributed by atoms with van der Waals surface area (Å²) >= 11 is 5.61. The zero-order valence-electron chi connectivity index (χ0n) is 13.1. The molecular weight excluding hydrogens is 355 g/mol. The third-order valence-corrected chi connectivity index (χ3v) is 5.39. The topological polar surface area (TPSA) is 66.5 Å². The molecule has 1 N–H and O–H groups in total. The number of carbonyl (C=O) groups excluding carboxylic acids is 1. The summed E-state index contributed by atoms with van der Waals surface area (Å²) in [5, 5.41) is 2.32. The van der Waals surface area contributed by atoms with Gasteiger partial charge in [0.1, 0.15) is 5.82 Å². The van der Waals surface area contributed by atoms with Gasteiger partial charge in [-0.25, -0.2) is 12.8 Å². The van der Waals surface area contributed by atoms with E-state index in [0.29, 0.717) is 5.69 Å². The van der Waals surface area contributed by atoms with Crippen molar-refractivity contribution < 1.29 is 17.6 Å². The lowest BCUT2D eigenvalue weighted by Gasteiger charge is -2.17. The largest absolute Gasteiger partial charge is 0.325 e. The van der Waals surface area contributed by atoms with Gasteiger partial charge in [-0.2, -0.15) is 4.31 Å². The number of aryl methyl sites for hydroxylation is 1. The van der Waals surface area contributed by atoms with Crippen LogP contribution in [0.15, 0.2) is 47.4 Å². The lowest BCUT2D eigenvalue weighted by Crippen LogP contribution is -2.35. The highest BCUT2D eigenvalue weighted by Gasteiger charge is 2.23. The maximum atomic E-state index is 13.2. The molecule has 2 rings (SSSR count). The van der Waals surface area contributed by atoms with E-state index in [-0.39, 0.29) is 16.5 Å². The molecule has 0 aromatic heterocycles. The Balaban J connectivity index is 2.09. The summed E-state index contributed by atoms with van der Waals surface area (Å²) in [5.41, 5.74) is 1.61. The third kappa shape index (κ3) is 4.31. The second kappa shape index (κ2) is 7.29. The first-order valence-electron chi connectivity index (χ1n) is 6.98. The quantitative estimate of drug-likeness (QED) is 0.879. The van der Waals surface area contributed by atoms with Crippen molar-refractivity contribution in [1.82, 2.24) is 4.31 Å². The van der Waals surface area contributed by atoms with Gasteiger partial charge in [0.15, 0.2) is 0 Å². The highest BCUT2D eigenvalue weighted by atomic mass is 35.5. The molecule has 0 unspecified atom stereocenters. The summed E-state index contributed by atoms with van der Waals surface area (Å²) in [7, 11) is -2.69. The highest BCUT2D eigenvalue weighted by molar-refractivity contribution is 7.89. The maximum absolute atomic E-state index is 13.2. The number of hydrogen-bond donors (Lipinski definition) is 1. The van der Waals surface area contributed by atoms with Gasteiger partial charge in [0.25, 0.3) is 0 Å². The predicted molar refractivity (Wildman–Crippen MR) is 91.0 cm³/mol. The van der Waals surface area contributed by atoms with Crippen molar-refractivity contribution >= 4 is 33.2 Å². The van der Waals surface area contributed by atoms with Crippen LogP contribution in [0.4, 0.5) is 10.1 Å². The molecule has 0 radical (unpaired) electrons. The van der Waals surface area contributed by atoms with E-state index in [2.05, 4.69) is 5.32 Å². The van der Waals surface area contributed by atoms with E-state index in [4.69, 9.17) is 11.6 Å². The van der Waals surface area contributed by atoms with Gasteiger partial charge in [-0.1, -0.05) is 29.3 Å². The standard InChI is InChI=1S/C16H16ClFN2O3S/c1-11-3-5-12(6-4-11)19-16(21)10-20(2)24(22,23)13-7-8-15(18)14(17)9-13/h3-9H,10H2,1-2H3,(H,19,21). The molecule has 0 heterocycles. The monoisotopic (exact) mass is 370 g/mol. The van der Waals surface area contributed by atoms with Crippen LogP contribution in [0.1, 0.15) is 5.56 Å². The Kier molecular flexibility index (Phi) is 5.58. The number of nitrogens with one attached hydrogen (secondary N) is 1. The van der Waals surface area contributed by atoms with Crippen molar-refractivity contribution in [1.29, 1.82) is 0 Å². The Morgan fingerprint density at radius 2 is 1.83 bits per heavy atom. The Labute approximate surface area is 145 Å². The number of carbonyl (C=O) groups is 1. The fraction of sp³-hybridized carbons (Fsp3) is 0.188. The summed E-state index contributed by atoms with van der Waals surface area (Å²) in [4.78, 5) is 11.8. The van der Waals surface area contributed by atoms with Crippen molar-refractivity contribution in [3.8, 4) is 0 Å². The Hall–Kier alpha value is -1.96. The van der Waals surface area contributed by atoms with Crippen LogP contribution in [0.5, 0.6) is 0 Å². The van der Waals surface area contributed by atoms with Crippen LogP contribution in [-0.2, 0) is 14.8 Å². The summed E-state index contributed by atoms with van der Waals surface area (Å²) < 4.78 is 38.8. The second-order valence-corrected chi connectivity index (χ2v) is 7.70. The second-order valence-electron chi connectivity index (χ2n) is 5.25. The van der Waals surface area contributed by atoms with E-state index in [1.54, 1.807) is 12.1 Å². The number of amides is 1. The van der Waals surface area contributed by atoms with E-state index < -0.39 is 21.7 Å². The number of halogens is 2. The molecule has 2 aromatic rings. The normalized spacial score (nSPS) is 11.5.